The van der Waals surface area contributed by atoms with Crippen molar-refractivity contribution in [1.29, 1.82) is 0 Å². The summed E-state index contributed by atoms with van der Waals surface area (Å²) in [7, 11) is 0. The van der Waals surface area contributed by atoms with Crippen LogP contribution in [0.3, 0.4) is 0 Å². The normalized spacial score (nSPS) is 10.8. The Hall–Kier alpha value is -1.32. The van der Waals surface area contributed by atoms with E-state index in [4.69, 9.17) is 17.3 Å². The van der Waals surface area contributed by atoms with E-state index in [1.54, 1.807) is 0 Å². The van der Waals surface area contributed by atoms with Crippen molar-refractivity contribution in [3.8, 4) is 0 Å². The number of anilines is 1. The predicted molar refractivity (Wildman–Crippen MR) is 73.7 cm³/mol. The minimum Gasteiger partial charge on any atom is -0.384 e. The van der Waals surface area contributed by atoms with Gasteiger partial charge in [-0.2, -0.15) is 0 Å². The summed E-state index contributed by atoms with van der Waals surface area (Å²) in [5.74, 6) is 0. The highest BCUT2D eigenvalue weighted by Crippen LogP contribution is 2.26. The highest BCUT2D eigenvalue weighted by molar-refractivity contribution is 6.31. The van der Waals surface area contributed by atoms with E-state index >= 15 is 0 Å². The van der Waals surface area contributed by atoms with Gasteiger partial charge in [0.1, 0.15) is 0 Å². The van der Waals surface area contributed by atoms with Crippen LogP contribution in [0.2, 0.25) is 5.02 Å². The van der Waals surface area contributed by atoms with Gasteiger partial charge in [-0.25, -0.2) is 0 Å². The Morgan fingerprint density at radius 3 is 2.94 bits per heavy atom. The lowest BCUT2D eigenvalue weighted by atomic mass is 10.1. The summed E-state index contributed by atoms with van der Waals surface area (Å²) in [4.78, 5) is 4.48. The molecule has 0 aliphatic heterocycles. The standard InChI is InChI=1S/C13H16ClN3/c1-9-7-13(16-6-2-5-15)11-8-10(14)3-4-12(11)17-9/h3-4,7-8H,2,5-6,15H2,1H3,(H,16,17). The summed E-state index contributed by atoms with van der Waals surface area (Å²) >= 11 is 6.02. The van der Waals surface area contributed by atoms with E-state index in [-0.39, 0.29) is 0 Å². The molecule has 3 N–H and O–H groups in total. The molecule has 90 valence electrons. The Balaban J connectivity index is 2.40. The molecule has 0 radical (unpaired) electrons. The molecule has 1 aromatic heterocycles. The number of nitrogens with one attached hydrogen (secondary N) is 1. The first-order valence-corrected chi connectivity index (χ1v) is 6.09. The van der Waals surface area contributed by atoms with Crippen LogP contribution in [0.1, 0.15) is 12.1 Å². The lowest BCUT2D eigenvalue weighted by Crippen LogP contribution is -2.09. The summed E-state index contributed by atoms with van der Waals surface area (Å²) in [5.41, 5.74) is 8.52. The smallest absolute Gasteiger partial charge is 0.0726 e. The lowest BCUT2D eigenvalue weighted by Gasteiger charge is -2.10. The molecule has 1 heterocycles. The van der Waals surface area contributed by atoms with Gasteiger partial charge in [0.2, 0.25) is 0 Å². The van der Waals surface area contributed by atoms with Gasteiger partial charge in [0.15, 0.2) is 0 Å². The van der Waals surface area contributed by atoms with Crippen molar-refractivity contribution in [2.75, 3.05) is 18.4 Å². The van der Waals surface area contributed by atoms with Crippen molar-refractivity contribution in [3.05, 3.63) is 35.0 Å². The third-order valence-corrected chi connectivity index (χ3v) is 2.83. The molecule has 0 amide bonds. The topological polar surface area (TPSA) is 50.9 Å². The van der Waals surface area contributed by atoms with Gasteiger partial charge in [0, 0.05) is 28.3 Å². The van der Waals surface area contributed by atoms with Gasteiger partial charge in [-0.05, 0) is 44.2 Å². The quantitative estimate of drug-likeness (QED) is 0.820. The van der Waals surface area contributed by atoms with Gasteiger partial charge in [0.05, 0.1) is 5.52 Å². The summed E-state index contributed by atoms with van der Waals surface area (Å²) in [5, 5.41) is 5.16. The fraction of sp³-hybridized carbons (Fsp3) is 0.308. The van der Waals surface area contributed by atoms with Crippen molar-refractivity contribution in [1.82, 2.24) is 4.98 Å². The zero-order valence-corrected chi connectivity index (χ0v) is 10.6. The number of hydrogen-bond donors (Lipinski definition) is 2. The summed E-state index contributed by atoms with van der Waals surface area (Å²) in [6.07, 6.45) is 0.948. The van der Waals surface area contributed by atoms with E-state index < -0.39 is 0 Å². The lowest BCUT2D eigenvalue weighted by molar-refractivity contribution is 0.875. The van der Waals surface area contributed by atoms with Crippen molar-refractivity contribution in [3.63, 3.8) is 0 Å². The second-order valence-electron chi connectivity index (χ2n) is 4.04. The first-order chi connectivity index (χ1) is 8.20. The van der Waals surface area contributed by atoms with Crippen molar-refractivity contribution in [2.24, 2.45) is 5.73 Å². The van der Waals surface area contributed by atoms with Crippen LogP contribution in [-0.4, -0.2) is 18.1 Å². The van der Waals surface area contributed by atoms with Gasteiger partial charge in [-0.3, -0.25) is 4.98 Å². The molecule has 0 bridgehead atoms. The fourth-order valence-electron chi connectivity index (χ4n) is 1.80. The number of hydrogen-bond acceptors (Lipinski definition) is 3. The van der Waals surface area contributed by atoms with Crippen molar-refractivity contribution < 1.29 is 0 Å². The zero-order chi connectivity index (χ0) is 12.3. The highest BCUT2D eigenvalue weighted by atomic mass is 35.5. The number of aromatic nitrogens is 1. The first-order valence-electron chi connectivity index (χ1n) is 5.71. The maximum atomic E-state index is 6.02. The van der Waals surface area contributed by atoms with Gasteiger partial charge in [0.25, 0.3) is 0 Å². The number of aryl methyl sites for hydroxylation is 1. The van der Waals surface area contributed by atoms with Crippen LogP contribution < -0.4 is 11.1 Å². The van der Waals surface area contributed by atoms with Crippen LogP contribution in [0, 0.1) is 6.92 Å². The maximum Gasteiger partial charge on any atom is 0.0726 e. The Kier molecular flexibility index (Phi) is 3.82. The number of benzene rings is 1. The summed E-state index contributed by atoms with van der Waals surface area (Å²) < 4.78 is 0. The van der Waals surface area contributed by atoms with E-state index in [9.17, 15) is 0 Å². The Labute approximate surface area is 106 Å². The minimum absolute atomic E-state index is 0.690. The molecular weight excluding hydrogens is 234 g/mol. The molecule has 2 aromatic rings. The van der Waals surface area contributed by atoms with E-state index in [0.717, 1.165) is 40.3 Å². The Bertz CT molecular complexity index is 525. The molecule has 0 spiro atoms. The molecule has 4 heteroatoms. The molecule has 0 saturated carbocycles. The van der Waals surface area contributed by atoms with E-state index in [1.165, 1.54) is 0 Å². The molecule has 1 aromatic carbocycles. The number of pyridine rings is 1. The van der Waals surface area contributed by atoms with Crippen LogP contribution in [0.4, 0.5) is 5.69 Å². The molecule has 0 unspecified atom stereocenters. The Morgan fingerprint density at radius 2 is 2.18 bits per heavy atom. The van der Waals surface area contributed by atoms with Gasteiger partial charge in [-0.1, -0.05) is 11.6 Å². The summed E-state index contributed by atoms with van der Waals surface area (Å²) in [6, 6.07) is 7.78. The SMILES string of the molecule is Cc1cc(NCCCN)c2cc(Cl)ccc2n1. The number of fused-ring (bicyclic) bond motifs is 1. The van der Waals surface area contributed by atoms with Gasteiger partial charge < -0.3 is 11.1 Å². The number of rotatable bonds is 4. The fourth-order valence-corrected chi connectivity index (χ4v) is 1.97. The second-order valence-corrected chi connectivity index (χ2v) is 4.48. The third kappa shape index (κ3) is 2.87. The Morgan fingerprint density at radius 1 is 1.35 bits per heavy atom. The molecule has 0 atom stereocenters. The molecule has 0 aliphatic rings. The van der Waals surface area contributed by atoms with E-state index in [2.05, 4.69) is 10.3 Å². The average Bonchev–Trinajstić information content (AvgIpc) is 2.30. The third-order valence-electron chi connectivity index (χ3n) is 2.60. The van der Waals surface area contributed by atoms with Crippen molar-refractivity contribution >= 4 is 28.2 Å². The largest absolute Gasteiger partial charge is 0.384 e. The van der Waals surface area contributed by atoms with Crippen LogP contribution in [0.25, 0.3) is 10.9 Å². The van der Waals surface area contributed by atoms with E-state index in [0.29, 0.717) is 6.54 Å². The van der Waals surface area contributed by atoms with Crippen molar-refractivity contribution in [2.45, 2.75) is 13.3 Å². The van der Waals surface area contributed by atoms with Gasteiger partial charge in [-0.15, -0.1) is 0 Å². The highest BCUT2D eigenvalue weighted by Gasteiger charge is 2.04. The van der Waals surface area contributed by atoms with Crippen LogP contribution in [0.5, 0.6) is 0 Å². The van der Waals surface area contributed by atoms with E-state index in [1.807, 2.05) is 31.2 Å². The molecule has 0 aliphatic carbocycles. The summed E-state index contributed by atoms with van der Waals surface area (Å²) in [6.45, 7) is 3.54. The first kappa shape index (κ1) is 12.1. The minimum atomic E-state index is 0.690. The number of nitrogens with two attached hydrogens (primary N) is 1. The van der Waals surface area contributed by atoms with Gasteiger partial charge >= 0.3 is 0 Å². The second kappa shape index (κ2) is 5.34. The predicted octanol–water partition coefficient (Wildman–Crippen LogP) is 2.96. The molecule has 0 fully saturated rings. The average molecular weight is 250 g/mol. The maximum absolute atomic E-state index is 6.02. The molecular formula is C13H16ClN3. The van der Waals surface area contributed by atoms with Crippen LogP contribution in [0.15, 0.2) is 24.3 Å². The number of halogens is 1. The molecule has 17 heavy (non-hydrogen) atoms. The molecule has 0 saturated heterocycles. The molecule has 2 rings (SSSR count). The number of nitrogens with zero attached hydrogens (tertiary/aromatic N) is 1. The monoisotopic (exact) mass is 249 g/mol. The zero-order valence-electron chi connectivity index (χ0n) is 9.83. The molecule has 3 nitrogen and oxygen atoms in total. The van der Waals surface area contributed by atoms with Crippen LogP contribution in [-0.2, 0) is 0 Å². The van der Waals surface area contributed by atoms with Crippen LogP contribution >= 0.6 is 11.6 Å².